The molecule has 0 unspecified atom stereocenters. The summed E-state index contributed by atoms with van der Waals surface area (Å²) >= 11 is 1.73. The van der Waals surface area contributed by atoms with Gasteiger partial charge in [0.25, 0.3) is 0 Å². The Hall–Kier alpha value is -3.15. The SMILES string of the molecule is Cc1cc(-c2nc3cc4c(cc3o2)CCN(CCCSc2nnc(-c3ocnc3C)n2C)CC4)n(C)n1.Cl. The molecular formula is C26H31ClN8O2S. The second-order valence-corrected chi connectivity index (χ2v) is 10.6. The van der Waals surface area contributed by atoms with Crippen LogP contribution in [0.2, 0.25) is 0 Å². The van der Waals surface area contributed by atoms with Crippen LogP contribution in [0.15, 0.2) is 38.6 Å². The quantitative estimate of drug-likeness (QED) is 0.210. The number of fused-ring (bicyclic) bond motifs is 2. The molecule has 10 nitrogen and oxygen atoms in total. The van der Waals surface area contributed by atoms with Gasteiger partial charge >= 0.3 is 0 Å². The van der Waals surface area contributed by atoms with E-state index in [2.05, 4.69) is 37.3 Å². The normalized spacial score (nSPS) is 14.0. The largest absolute Gasteiger partial charge is 0.440 e. The minimum atomic E-state index is 0. The fourth-order valence-corrected chi connectivity index (χ4v) is 5.78. The summed E-state index contributed by atoms with van der Waals surface area (Å²) in [5.74, 6) is 3.00. The first-order valence-corrected chi connectivity index (χ1v) is 13.5. The van der Waals surface area contributed by atoms with Gasteiger partial charge in [-0.1, -0.05) is 11.8 Å². The van der Waals surface area contributed by atoms with Gasteiger partial charge < -0.3 is 18.3 Å². The van der Waals surface area contributed by atoms with Crippen molar-refractivity contribution in [2.45, 2.75) is 38.3 Å². The first kappa shape index (κ1) is 26.5. The first-order chi connectivity index (χ1) is 18.0. The second-order valence-electron chi connectivity index (χ2n) is 9.58. The smallest absolute Gasteiger partial charge is 0.245 e. The molecule has 0 bridgehead atoms. The lowest BCUT2D eigenvalue weighted by Crippen LogP contribution is -2.27. The molecule has 1 aliphatic heterocycles. The van der Waals surface area contributed by atoms with Gasteiger partial charge in [0.2, 0.25) is 11.7 Å². The van der Waals surface area contributed by atoms with Crippen LogP contribution in [0.5, 0.6) is 0 Å². The molecule has 1 aromatic carbocycles. The maximum absolute atomic E-state index is 6.13. The Kier molecular flexibility index (Phi) is 7.60. The third-order valence-electron chi connectivity index (χ3n) is 6.96. The van der Waals surface area contributed by atoms with E-state index in [-0.39, 0.29) is 12.4 Å². The van der Waals surface area contributed by atoms with Gasteiger partial charge in [0, 0.05) is 32.9 Å². The number of aromatic nitrogens is 7. The van der Waals surface area contributed by atoms with Crippen molar-refractivity contribution in [3.8, 4) is 23.2 Å². The number of thioether (sulfide) groups is 1. The Balaban J connectivity index is 0.00000294. The molecular weight excluding hydrogens is 524 g/mol. The van der Waals surface area contributed by atoms with Crippen LogP contribution in [-0.4, -0.2) is 64.8 Å². The Morgan fingerprint density at radius 2 is 1.82 bits per heavy atom. The maximum Gasteiger partial charge on any atom is 0.245 e. The van der Waals surface area contributed by atoms with Crippen molar-refractivity contribution in [3.63, 3.8) is 0 Å². The summed E-state index contributed by atoms with van der Waals surface area (Å²) in [6, 6.07) is 6.40. The Labute approximate surface area is 231 Å². The number of hydrogen-bond donors (Lipinski definition) is 0. The minimum absolute atomic E-state index is 0. The number of oxazole rings is 2. The molecule has 0 radical (unpaired) electrons. The first-order valence-electron chi connectivity index (χ1n) is 12.5. The third kappa shape index (κ3) is 5.10. The molecule has 0 aliphatic carbocycles. The molecule has 1 aliphatic rings. The molecule has 0 N–H and O–H groups in total. The van der Waals surface area contributed by atoms with E-state index in [1.54, 1.807) is 11.8 Å². The summed E-state index contributed by atoms with van der Waals surface area (Å²) in [5, 5.41) is 14.0. The highest BCUT2D eigenvalue weighted by atomic mass is 35.5. The van der Waals surface area contributed by atoms with Crippen molar-refractivity contribution in [1.82, 2.24) is 39.4 Å². The molecule has 0 fully saturated rings. The molecule has 4 aromatic heterocycles. The van der Waals surface area contributed by atoms with Crippen LogP contribution in [-0.2, 0) is 26.9 Å². The lowest BCUT2D eigenvalue weighted by atomic mass is 10.0. The molecule has 0 saturated heterocycles. The lowest BCUT2D eigenvalue weighted by molar-refractivity contribution is 0.289. The monoisotopic (exact) mass is 554 g/mol. The minimum Gasteiger partial charge on any atom is -0.440 e. The summed E-state index contributed by atoms with van der Waals surface area (Å²) < 4.78 is 15.4. The number of halogens is 1. The van der Waals surface area contributed by atoms with Crippen molar-refractivity contribution >= 4 is 35.3 Å². The molecule has 0 spiro atoms. The molecule has 6 rings (SSSR count). The van der Waals surface area contributed by atoms with Crippen LogP contribution in [0.3, 0.4) is 0 Å². The zero-order valence-electron chi connectivity index (χ0n) is 22.0. The van der Waals surface area contributed by atoms with Crippen LogP contribution in [0, 0.1) is 13.8 Å². The van der Waals surface area contributed by atoms with Gasteiger partial charge in [-0.05, 0) is 69.0 Å². The van der Waals surface area contributed by atoms with Gasteiger partial charge in [0.05, 0.1) is 11.4 Å². The van der Waals surface area contributed by atoms with E-state index in [1.807, 2.05) is 43.3 Å². The van der Waals surface area contributed by atoms with Crippen LogP contribution in [0.25, 0.3) is 34.3 Å². The molecule has 200 valence electrons. The predicted octanol–water partition coefficient (Wildman–Crippen LogP) is 4.63. The van der Waals surface area contributed by atoms with Crippen LogP contribution in [0.1, 0.15) is 28.9 Å². The average molecular weight is 555 g/mol. The summed E-state index contributed by atoms with van der Waals surface area (Å²) in [4.78, 5) is 11.5. The maximum atomic E-state index is 6.13. The molecule has 12 heteroatoms. The average Bonchev–Trinajstić information content (AvgIpc) is 3.62. The topological polar surface area (TPSA) is 104 Å². The molecule has 0 saturated carbocycles. The van der Waals surface area contributed by atoms with E-state index in [9.17, 15) is 0 Å². The predicted molar refractivity (Wildman–Crippen MR) is 149 cm³/mol. The van der Waals surface area contributed by atoms with E-state index >= 15 is 0 Å². The number of benzene rings is 1. The van der Waals surface area contributed by atoms with E-state index in [0.29, 0.717) is 17.5 Å². The number of hydrogen-bond acceptors (Lipinski definition) is 9. The lowest BCUT2D eigenvalue weighted by Gasteiger charge is -2.19. The van der Waals surface area contributed by atoms with Gasteiger partial charge in [-0.2, -0.15) is 5.10 Å². The Morgan fingerprint density at radius 1 is 1.03 bits per heavy atom. The van der Waals surface area contributed by atoms with Gasteiger partial charge in [0.15, 0.2) is 22.9 Å². The van der Waals surface area contributed by atoms with Gasteiger partial charge in [0.1, 0.15) is 11.2 Å². The van der Waals surface area contributed by atoms with E-state index < -0.39 is 0 Å². The fourth-order valence-electron chi connectivity index (χ4n) is 4.94. The highest BCUT2D eigenvalue weighted by Gasteiger charge is 2.20. The van der Waals surface area contributed by atoms with Crippen LogP contribution >= 0.6 is 24.2 Å². The second kappa shape index (κ2) is 10.9. The zero-order chi connectivity index (χ0) is 25.5. The summed E-state index contributed by atoms with van der Waals surface area (Å²) in [6.07, 6.45) is 4.57. The Bertz CT molecular complexity index is 1520. The summed E-state index contributed by atoms with van der Waals surface area (Å²) in [7, 11) is 3.89. The summed E-state index contributed by atoms with van der Waals surface area (Å²) in [6.45, 7) is 7.04. The van der Waals surface area contributed by atoms with Gasteiger partial charge in [-0.15, -0.1) is 22.6 Å². The molecule has 0 atom stereocenters. The molecule has 0 amide bonds. The van der Waals surface area contributed by atoms with Crippen molar-refractivity contribution < 1.29 is 8.83 Å². The van der Waals surface area contributed by atoms with Crippen LogP contribution in [0.4, 0.5) is 0 Å². The number of aryl methyl sites for hydroxylation is 3. The molecule has 5 heterocycles. The van der Waals surface area contributed by atoms with Crippen molar-refractivity contribution in [1.29, 1.82) is 0 Å². The standard InChI is InChI=1S/C26H30N8O2S.ClH/c1-16-12-21(33(4)31-16)25-28-20-13-18-6-9-34(10-7-19(18)14-22(20)36-25)8-5-11-37-26-30-29-24(32(26)3)23-17(2)27-15-35-23;/h12-15H,5-11H2,1-4H3;1H. The van der Waals surface area contributed by atoms with Crippen molar-refractivity contribution in [2.24, 2.45) is 14.1 Å². The third-order valence-corrected chi connectivity index (χ3v) is 8.07. The van der Waals surface area contributed by atoms with E-state index in [1.165, 1.54) is 17.5 Å². The Morgan fingerprint density at radius 3 is 2.53 bits per heavy atom. The zero-order valence-corrected chi connectivity index (χ0v) is 23.6. The molecule has 38 heavy (non-hydrogen) atoms. The fraction of sp³-hybridized carbons (Fsp3) is 0.423. The highest BCUT2D eigenvalue weighted by molar-refractivity contribution is 7.99. The van der Waals surface area contributed by atoms with Crippen molar-refractivity contribution in [3.05, 3.63) is 47.1 Å². The van der Waals surface area contributed by atoms with Crippen molar-refractivity contribution in [2.75, 3.05) is 25.4 Å². The van der Waals surface area contributed by atoms with Gasteiger partial charge in [-0.3, -0.25) is 4.68 Å². The van der Waals surface area contributed by atoms with E-state index in [4.69, 9.17) is 13.8 Å². The van der Waals surface area contributed by atoms with Gasteiger partial charge in [-0.25, -0.2) is 9.97 Å². The number of nitrogens with zero attached hydrogens (tertiary/aromatic N) is 8. The summed E-state index contributed by atoms with van der Waals surface area (Å²) in [5.41, 5.74) is 7.18. The van der Waals surface area contributed by atoms with E-state index in [0.717, 1.165) is 78.0 Å². The molecule has 5 aromatic rings. The van der Waals surface area contributed by atoms with Crippen LogP contribution < -0.4 is 0 Å². The highest BCUT2D eigenvalue weighted by Crippen LogP contribution is 2.29. The number of rotatable bonds is 7.